The summed E-state index contributed by atoms with van der Waals surface area (Å²) in [5.41, 5.74) is 0.893. The second-order valence-corrected chi connectivity index (χ2v) is 9.31. The molecule has 0 spiro atoms. The van der Waals surface area contributed by atoms with Crippen molar-refractivity contribution in [2.75, 3.05) is 23.8 Å². The summed E-state index contributed by atoms with van der Waals surface area (Å²) in [7, 11) is 0. The summed E-state index contributed by atoms with van der Waals surface area (Å²) in [6, 6.07) is 8.89. The smallest absolute Gasteiger partial charge is 0.416 e. The minimum Gasteiger partial charge on any atom is -0.462 e. The van der Waals surface area contributed by atoms with Gasteiger partial charge in [0.15, 0.2) is 0 Å². The van der Waals surface area contributed by atoms with Gasteiger partial charge in [0, 0.05) is 23.6 Å². The summed E-state index contributed by atoms with van der Waals surface area (Å²) in [5, 5.41) is 7.79. The van der Waals surface area contributed by atoms with Gasteiger partial charge in [-0.05, 0) is 55.2 Å². The summed E-state index contributed by atoms with van der Waals surface area (Å²) in [4.78, 5) is 39.7. The number of halogens is 3. The molecule has 8 nitrogen and oxygen atoms in total. The Morgan fingerprint density at radius 1 is 1.08 bits per heavy atom. The molecule has 1 aliphatic heterocycles. The fraction of sp³-hybridized carbons (Fsp3) is 0.370. The van der Waals surface area contributed by atoms with Crippen molar-refractivity contribution in [2.24, 2.45) is 5.92 Å². The summed E-state index contributed by atoms with van der Waals surface area (Å²) < 4.78 is 44.2. The predicted molar refractivity (Wildman–Crippen MR) is 137 cm³/mol. The second-order valence-electron chi connectivity index (χ2n) is 9.31. The Morgan fingerprint density at radius 2 is 1.74 bits per heavy atom. The van der Waals surface area contributed by atoms with E-state index >= 15 is 0 Å². The summed E-state index contributed by atoms with van der Waals surface area (Å²) in [5.74, 6) is -0.388. The van der Waals surface area contributed by atoms with E-state index in [1.807, 2.05) is 20.8 Å². The van der Waals surface area contributed by atoms with Gasteiger partial charge in [-0.15, -0.1) is 0 Å². The van der Waals surface area contributed by atoms with Gasteiger partial charge in [0.2, 0.25) is 0 Å². The van der Waals surface area contributed by atoms with Crippen molar-refractivity contribution in [1.82, 2.24) is 10.2 Å². The third kappa shape index (κ3) is 7.05. The largest absolute Gasteiger partial charge is 0.462 e. The number of ether oxygens (including phenoxy) is 1. The van der Waals surface area contributed by atoms with Gasteiger partial charge in [0.25, 0.3) is 0 Å². The van der Waals surface area contributed by atoms with Gasteiger partial charge < -0.3 is 20.7 Å². The molecule has 2 aromatic carbocycles. The minimum absolute atomic E-state index is 0.0133. The zero-order valence-electron chi connectivity index (χ0n) is 21.6. The SMILES string of the molecule is CCCN1C(=O)NC(c2ccc(NC(=O)Nc3cccc(C(F)(F)F)c3)cc2)C(C(=O)OCC(C)C)=C1C. The van der Waals surface area contributed by atoms with Crippen LogP contribution in [0.5, 0.6) is 0 Å². The van der Waals surface area contributed by atoms with Crippen molar-refractivity contribution < 1.29 is 32.3 Å². The maximum Gasteiger partial charge on any atom is 0.416 e. The van der Waals surface area contributed by atoms with Crippen molar-refractivity contribution in [3.63, 3.8) is 0 Å². The normalized spacial score (nSPS) is 15.8. The van der Waals surface area contributed by atoms with Gasteiger partial charge in [0.1, 0.15) is 0 Å². The zero-order chi connectivity index (χ0) is 28.0. The maximum atomic E-state index is 13.0. The molecule has 4 amide bonds. The summed E-state index contributed by atoms with van der Waals surface area (Å²) in [6.45, 7) is 8.16. The molecule has 0 aromatic heterocycles. The van der Waals surface area contributed by atoms with Gasteiger partial charge >= 0.3 is 24.2 Å². The molecule has 1 unspecified atom stereocenters. The first-order chi connectivity index (χ1) is 17.9. The molecule has 0 saturated heterocycles. The number of esters is 1. The van der Waals surface area contributed by atoms with E-state index in [-0.39, 0.29) is 24.2 Å². The van der Waals surface area contributed by atoms with Crippen LogP contribution in [-0.2, 0) is 15.7 Å². The lowest BCUT2D eigenvalue weighted by molar-refractivity contribution is -0.141. The number of benzene rings is 2. The van der Waals surface area contributed by atoms with Crippen LogP contribution in [-0.4, -0.2) is 36.1 Å². The van der Waals surface area contributed by atoms with Crippen LogP contribution >= 0.6 is 0 Å². The highest BCUT2D eigenvalue weighted by atomic mass is 19.4. The molecule has 1 heterocycles. The first-order valence-electron chi connectivity index (χ1n) is 12.2. The third-order valence-corrected chi connectivity index (χ3v) is 5.76. The van der Waals surface area contributed by atoms with Crippen LogP contribution in [0, 0.1) is 5.92 Å². The standard InChI is InChI=1S/C27H31F3N4O4/c1-5-13-34-17(4)22(24(35)38-15-16(2)3)23(33-26(34)37)18-9-11-20(12-10-18)31-25(36)32-21-8-6-7-19(14-21)27(28,29)30/h6-12,14,16,23H,5,13,15H2,1-4H3,(H,33,37)(H2,31,32,36). The van der Waals surface area contributed by atoms with Crippen molar-refractivity contribution in [3.05, 3.63) is 70.9 Å². The van der Waals surface area contributed by atoms with Crippen LogP contribution in [0.3, 0.4) is 0 Å². The van der Waals surface area contributed by atoms with Gasteiger partial charge in [0.05, 0.1) is 23.8 Å². The van der Waals surface area contributed by atoms with E-state index in [9.17, 15) is 27.6 Å². The molecule has 11 heteroatoms. The monoisotopic (exact) mass is 532 g/mol. The highest BCUT2D eigenvalue weighted by Gasteiger charge is 2.36. The third-order valence-electron chi connectivity index (χ3n) is 5.76. The molecule has 3 N–H and O–H groups in total. The number of anilines is 2. The second kappa shape index (κ2) is 12.0. The van der Waals surface area contributed by atoms with Crippen LogP contribution < -0.4 is 16.0 Å². The number of hydrogen-bond donors (Lipinski definition) is 3. The van der Waals surface area contributed by atoms with Crippen LogP contribution in [0.1, 0.15) is 51.3 Å². The molecule has 0 fully saturated rings. The van der Waals surface area contributed by atoms with E-state index in [1.54, 1.807) is 31.2 Å². The first kappa shape index (κ1) is 28.5. The number of amides is 4. The number of urea groups is 2. The molecular formula is C27H31F3N4O4. The number of carbonyl (C=O) groups is 3. The number of carbonyl (C=O) groups excluding carboxylic acids is 3. The number of nitrogens with one attached hydrogen (secondary N) is 3. The Balaban J connectivity index is 1.78. The van der Waals surface area contributed by atoms with Crippen LogP contribution in [0.15, 0.2) is 59.8 Å². The minimum atomic E-state index is -4.53. The molecule has 204 valence electrons. The molecule has 38 heavy (non-hydrogen) atoms. The van der Waals surface area contributed by atoms with Crippen LogP contribution in [0.4, 0.5) is 34.1 Å². The lowest BCUT2D eigenvalue weighted by atomic mass is 9.94. The van der Waals surface area contributed by atoms with Crippen LogP contribution in [0.25, 0.3) is 0 Å². The average molecular weight is 533 g/mol. The van der Waals surface area contributed by atoms with E-state index in [4.69, 9.17) is 4.74 Å². The highest BCUT2D eigenvalue weighted by molar-refractivity contribution is 6.00. The quantitative estimate of drug-likeness (QED) is 0.348. The Bertz CT molecular complexity index is 1210. The Morgan fingerprint density at radius 3 is 2.34 bits per heavy atom. The molecule has 0 bridgehead atoms. The summed E-state index contributed by atoms with van der Waals surface area (Å²) >= 11 is 0. The topological polar surface area (TPSA) is 99.8 Å². The fourth-order valence-corrected chi connectivity index (χ4v) is 3.93. The van der Waals surface area contributed by atoms with Gasteiger partial charge in [-0.3, -0.25) is 4.90 Å². The van der Waals surface area contributed by atoms with Crippen molar-refractivity contribution in [3.8, 4) is 0 Å². The first-order valence-corrected chi connectivity index (χ1v) is 12.2. The Hall–Kier alpha value is -4.02. The lowest BCUT2D eigenvalue weighted by Crippen LogP contribution is -2.48. The van der Waals surface area contributed by atoms with Gasteiger partial charge in [-0.1, -0.05) is 39.0 Å². The maximum absolute atomic E-state index is 13.0. The molecule has 0 saturated carbocycles. The molecular weight excluding hydrogens is 501 g/mol. The number of rotatable bonds is 8. The number of alkyl halides is 3. The van der Waals surface area contributed by atoms with Crippen molar-refractivity contribution >= 4 is 29.4 Å². The Labute approximate surface area is 219 Å². The molecule has 3 rings (SSSR count). The molecule has 1 atom stereocenters. The fourth-order valence-electron chi connectivity index (χ4n) is 3.93. The molecule has 0 aliphatic carbocycles. The molecule has 0 radical (unpaired) electrons. The van der Waals surface area contributed by atoms with E-state index in [2.05, 4.69) is 16.0 Å². The molecule has 1 aliphatic rings. The lowest BCUT2D eigenvalue weighted by Gasteiger charge is -2.35. The molecule has 2 aromatic rings. The summed E-state index contributed by atoms with van der Waals surface area (Å²) in [6.07, 6.45) is -3.83. The van der Waals surface area contributed by atoms with E-state index in [0.29, 0.717) is 35.5 Å². The van der Waals surface area contributed by atoms with Gasteiger partial charge in [-0.25, -0.2) is 14.4 Å². The van der Waals surface area contributed by atoms with Gasteiger partial charge in [-0.2, -0.15) is 13.2 Å². The average Bonchev–Trinajstić information content (AvgIpc) is 2.85. The van der Waals surface area contributed by atoms with Crippen LogP contribution in [0.2, 0.25) is 0 Å². The Kier molecular flexibility index (Phi) is 9.03. The van der Waals surface area contributed by atoms with E-state index < -0.39 is 29.8 Å². The van der Waals surface area contributed by atoms with E-state index in [0.717, 1.165) is 12.1 Å². The highest BCUT2D eigenvalue weighted by Crippen LogP contribution is 2.33. The number of nitrogens with zero attached hydrogens (tertiary/aromatic N) is 1. The number of hydrogen-bond acceptors (Lipinski definition) is 4. The number of allylic oxidation sites excluding steroid dienone is 1. The zero-order valence-corrected chi connectivity index (χ0v) is 21.6. The van der Waals surface area contributed by atoms with Crippen molar-refractivity contribution in [1.29, 1.82) is 0 Å². The predicted octanol–water partition coefficient (Wildman–Crippen LogP) is 6.30. The van der Waals surface area contributed by atoms with E-state index in [1.165, 1.54) is 17.0 Å². The van der Waals surface area contributed by atoms with Crippen molar-refractivity contribution in [2.45, 2.75) is 46.3 Å².